The molecule has 0 heterocycles. The first kappa shape index (κ1) is 16.0. The molecule has 2 aromatic carbocycles. The summed E-state index contributed by atoms with van der Waals surface area (Å²) in [6.45, 7) is 0. The normalized spacial score (nSPS) is 10.6. The van der Waals surface area contributed by atoms with E-state index in [1.165, 1.54) is 24.3 Å². The smallest absolute Gasteiger partial charge is 0.276 e. The summed E-state index contributed by atoms with van der Waals surface area (Å²) in [6.07, 6.45) is 2.59. The Morgan fingerprint density at radius 3 is 2.55 bits per heavy atom. The van der Waals surface area contributed by atoms with E-state index in [-0.39, 0.29) is 5.69 Å². The molecule has 0 bridgehead atoms. The topological polar surface area (TPSA) is 72.2 Å². The van der Waals surface area contributed by atoms with Crippen molar-refractivity contribution in [3.05, 3.63) is 74.3 Å². The number of carbonyl (C=O) groups excluding carboxylic acids is 1. The fraction of sp³-hybridized carbons (Fsp3) is 0. The number of anilines is 1. The van der Waals surface area contributed by atoms with Gasteiger partial charge in [-0.3, -0.25) is 14.9 Å². The maximum Gasteiger partial charge on any atom is 0.276 e. The number of hydrogen-bond donors (Lipinski definition) is 1. The highest BCUT2D eigenvalue weighted by Gasteiger charge is 2.09. The predicted octanol–water partition coefficient (Wildman–Crippen LogP) is 4.55. The van der Waals surface area contributed by atoms with E-state index >= 15 is 0 Å². The van der Waals surface area contributed by atoms with Gasteiger partial charge in [-0.2, -0.15) is 0 Å². The van der Waals surface area contributed by atoms with Crippen molar-refractivity contribution in [3.63, 3.8) is 0 Å². The van der Waals surface area contributed by atoms with Gasteiger partial charge in [-0.15, -0.1) is 0 Å². The van der Waals surface area contributed by atoms with E-state index in [1.807, 2.05) is 0 Å². The van der Waals surface area contributed by atoms with Crippen LogP contribution in [0, 0.1) is 10.1 Å². The van der Waals surface area contributed by atoms with E-state index in [2.05, 4.69) is 5.32 Å². The van der Waals surface area contributed by atoms with Crippen molar-refractivity contribution in [3.8, 4) is 0 Å². The number of rotatable bonds is 4. The van der Waals surface area contributed by atoms with Crippen LogP contribution in [0.4, 0.5) is 11.4 Å². The molecule has 0 aliphatic heterocycles. The lowest BCUT2D eigenvalue weighted by Crippen LogP contribution is -2.07. The zero-order chi connectivity index (χ0) is 16.1. The van der Waals surface area contributed by atoms with E-state index in [0.29, 0.717) is 21.3 Å². The molecule has 112 valence electrons. The van der Waals surface area contributed by atoms with Crippen molar-refractivity contribution in [2.24, 2.45) is 0 Å². The average molecular weight is 337 g/mol. The van der Waals surface area contributed by atoms with E-state index < -0.39 is 10.8 Å². The third kappa shape index (κ3) is 4.07. The second-order valence-electron chi connectivity index (χ2n) is 4.27. The second kappa shape index (κ2) is 7.06. The Labute approximate surface area is 136 Å². The van der Waals surface area contributed by atoms with Gasteiger partial charge in [0.1, 0.15) is 0 Å². The van der Waals surface area contributed by atoms with Gasteiger partial charge in [-0.1, -0.05) is 35.3 Å². The molecule has 0 fully saturated rings. The summed E-state index contributed by atoms with van der Waals surface area (Å²) in [5, 5.41) is 14.2. The van der Waals surface area contributed by atoms with Crippen LogP contribution >= 0.6 is 23.2 Å². The lowest BCUT2D eigenvalue weighted by molar-refractivity contribution is -0.385. The monoisotopic (exact) mass is 336 g/mol. The first-order valence-corrected chi connectivity index (χ1v) is 6.90. The fourth-order valence-electron chi connectivity index (χ4n) is 1.72. The molecule has 0 aliphatic rings. The minimum Gasteiger partial charge on any atom is -0.322 e. The summed E-state index contributed by atoms with van der Waals surface area (Å²) in [7, 11) is 0. The molecule has 0 aliphatic carbocycles. The Morgan fingerprint density at radius 2 is 1.86 bits per heavy atom. The highest BCUT2D eigenvalue weighted by Crippen LogP contribution is 2.25. The first-order chi connectivity index (χ1) is 10.5. The van der Waals surface area contributed by atoms with Crippen molar-refractivity contribution in [1.82, 2.24) is 0 Å². The summed E-state index contributed by atoms with van der Waals surface area (Å²) >= 11 is 11.6. The summed E-state index contributed by atoms with van der Waals surface area (Å²) in [4.78, 5) is 22.2. The summed E-state index contributed by atoms with van der Waals surface area (Å²) < 4.78 is 0. The highest BCUT2D eigenvalue weighted by molar-refractivity contribution is 6.42. The predicted molar refractivity (Wildman–Crippen MR) is 87.2 cm³/mol. The quantitative estimate of drug-likeness (QED) is 0.505. The number of benzene rings is 2. The molecule has 22 heavy (non-hydrogen) atoms. The van der Waals surface area contributed by atoms with Gasteiger partial charge in [0.2, 0.25) is 5.91 Å². The number of hydrogen-bond acceptors (Lipinski definition) is 3. The molecule has 0 unspecified atom stereocenters. The number of nitrogens with one attached hydrogen (secondary N) is 1. The van der Waals surface area contributed by atoms with Gasteiger partial charge in [-0.05, 0) is 30.3 Å². The maximum atomic E-state index is 11.8. The van der Waals surface area contributed by atoms with E-state index in [4.69, 9.17) is 23.2 Å². The van der Waals surface area contributed by atoms with Gasteiger partial charge >= 0.3 is 0 Å². The Balaban J connectivity index is 2.12. The number of carbonyl (C=O) groups is 1. The lowest BCUT2D eigenvalue weighted by Gasteiger charge is -2.03. The molecule has 1 amide bonds. The van der Waals surface area contributed by atoms with Crippen molar-refractivity contribution in [2.45, 2.75) is 0 Å². The highest BCUT2D eigenvalue weighted by atomic mass is 35.5. The molecule has 5 nitrogen and oxygen atoms in total. The lowest BCUT2D eigenvalue weighted by atomic mass is 10.1. The van der Waals surface area contributed by atoms with Crippen LogP contribution in [-0.4, -0.2) is 10.8 Å². The van der Waals surface area contributed by atoms with Gasteiger partial charge in [0, 0.05) is 17.8 Å². The van der Waals surface area contributed by atoms with E-state index in [9.17, 15) is 14.9 Å². The van der Waals surface area contributed by atoms with Crippen LogP contribution in [0.1, 0.15) is 5.56 Å². The Bertz CT molecular complexity index is 760. The van der Waals surface area contributed by atoms with Crippen molar-refractivity contribution < 1.29 is 9.72 Å². The number of nitrogens with zero attached hydrogens (tertiary/aromatic N) is 1. The number of amides is 1. The van der Waals surface area contributed by atoms with Gasteiger partial charge in [0.05, 0.1) is 20.5 Å². The van der Waals surface area contributed by atoms with Gasteiger partial charge < -0.3 is 5.32 Å². The third-order valence-corrected chi connectivity index (χ3v) is 3.47. The number of nitro groups is 1. The van der Waals surface area contributed by atoms with Crippen LogP contribution in [0.2, 0.25) is 10.0 Å². The van der Waals surface area contributed by atoms with Crippen LogP contribution < -0.4 is 5.32 Å². The summed E-state index contributed by atoms with van der Waals surface area (Å²) in [5.41, 5.74) is 0.754. The second-order valence-corrected chi connectivity index (χ2v) is 5.08. The van der Waals surface area contributed by atoms with Gasteiger partial charge in [-0.25, -0.2) is 0 Å². The zero-order valence-corrected chi connectivity index (χ0v) is 12.6. The first-order valence-electron chi connectivity index (χ1n) is 6.15. The number of para-hydroxylation sites is 1. The van der Waals surface area contributed by atoms with Crippen LogP contribution in [0.25, 0.3) is 6.08 Å². The SMILES string of the molecule is O=C(C=Cc1ccccc1[N+](=O)[O-])Nc1ccc(Cl)c(Cl)c1. The molecule has 0 radical (unpaired) electrons. The molecule has 2 rings (SSSR count). The molecule has 0 spiro atoms. The molecular weight excluding hydrogens is 327 g/mol. The molecule has 0 aromatic heterocycles. The minimum absolute atomic E-state index is 0.0684. The van der Waals surface area contributed by atoms with E-state index in [0.717, 1.165) is 0 Å². The molecule has 7 heteroatoms. The molecule has 2 aromatic rings. The Kier molecular flexibility index (Phi) is 5.14. The number of nitro benzene ring substituents is 1. The Morgan fingerprint density at radius 1 is 1.14 bits per heavy atom. The minimum atomic E-state index is -0.503. The fourth-order valence-corrected chi connectivity index (χ4v) is 2.02. The molecule has 0 atom stereocenters. The molecule has 0 saturated carbocycles. The molecule has 1 N–H and O–H groups in total. The molecule has 0 saturated heterocycles. The molecular formula is C15H10Cl2N2O3. The Hall–Kier alpha value is -2.37. The average Bonchev–Trinajstić information content (AvgIpc) is 2.49. The van der Waals surface area contributed by atoms with Crippen LogP contribution in [-0.2, 0) is 4.79 Å². The third-order valence-electron chi connectivity index (χ3n) is 2.73. The van der Waals surface area contributed by atoms with E-state index in [1.54, 1.807) is 30.3 Å². The van der Waals surface area contributed by atoms with Crippen LogP contribution in [0.3, 0.4) is 0 Å². The van der Waals surface area contributed by atoms with Crippen LogP contribution in [0.15, 0.2) is 48.5 Å². The van der Waals surface area contributed by atoms with Gasteiger partial charge in [0.15, 0.2) is 0 Å². The van der Waals surface area contributed by atoms with Crippen LogP contribution in [0.5, 0.6) is 0 Å². The van der Waals surface area contributed by atoms with Gasteiger partial charge in [0.25, 0.3) is 5.69 Å². The largest absolute Gasteiger partial charge is 0.322 e. The maximum absolute atomic E-state index is 11.8. The zero-order valence-electron chi connectivity index (χ0n) is 11.1. The standard InChI is InChI=1S/C15H10Cl2N2O3/c16-12-7-6-11(9-13(12)17)18-15(20)8-5-10-3-1-2-4-14(10)19(21)22/h1-9H,(H,18,20). The number of halogens is 2. The summed E-state index contributed by atoms with van der Waals surface area (Å²) in [6, 6.07) is 10.8. The van der Waals surface area contributed by atoms with Crippen molar-refractivity contribution in [1.29, 1.82) is 0 Å². The van der Waals surface area contributed by atoms with Crippen molar-refractivity contribution >= 4 is 46.6 Å². The van der Waals surface area contributed by atoms with Crippen molar-refractivity contribution in [2.75, 3.05) is 5.32 Å². The summed E-state index contributed by atoms with van der Waals surface area (Å²) in [5.74, 6) is -0.434.